The van der Waals surface area contributed by atoms with Gasteiger partial charge in [-0.3, -0.25) is 4.79 Å². The molecule has 0 heterocycles. The summed E-state index contributed by atoms with van der Waals surface area (Å²) in [6, 6.07) is 15.1. The Morgan fingerprint density at radius 3 is 2.71 bits per heavy atom. The molecule has 2 aromatic rings. The maximum atomic E-state index is 12.6. The molecule has 1 amide bonds. The predicted octanol–water partition coefficient (Wildman–Crippen LogP) is 5.75. The molecule has 1 aliphatic carbocycles. The van der Waals surface area contributed by atoms with Crippen LogP contribution in [0.2, 0.25) is 0 Å². The molecule has 1 atom stereocenters. The second-order valence-electron chi connectivity index (χ2n) is 7.10. The molecule has 0 aromatic heterocycles. The second-order valence-corrected chi connectivity index (χ2v) is 7.55. The van der Waals surface area contributed by atoms with Gasteiger partial charge in [0.1, 0.15) is 11.9 Å². The molecular weight excluding hydrogens is 406 g/mol. The van der Waals surface area contributed by atoms with E-state index in [-0.39, 0.29) is 12.1 Å². The zero-order valence-electron chi connectivity index (χ0n) is 17.3. The number of hydrogen-bond acceptors (Lipinski definition) is 5. The van der Waals surface area contributed by atoms with Gasteiger partial charge in [0.25, 0.3) is 0 Å². The summed E-state index contributed by atoms with van der Waals surface area (Å²) in [5, 5.41) is 6.38. The van der Waals surface area contributed by atoms with Crippen molar-refractivity contribution < 1.29 is 4.79 Å². The van der Waals surface area contributed by atoms with Crippen molar-refractivity contribution in [1.82, 2.24) is 10.2 Å². The predicted molar refractivity (Wildman–Crippen MR) is 129 cm³/mol. The van der Waals surface area contributed by atoms with Crippen molar-refractivity contribution in [3.8, 4) is 0 Å². The summed E-state index contributed by atoms with van der Waals surface area (Å²) in [6.45, 7) is 2.06. The summed E-state index contributed by atoms with van der Waals surface area (Å²) >= 11 is 4.40. The molecule has 5 nitrogen and oxygen atoms in total. The first-order chi connectivity index (χ1) is 15.1. The number of nitrogens with zero attached hydrogens (tertiary/aromatic N) is 2. The molecule has 31 heavy (non-hydrogen) atoms. The van der Waals surface area contributed by atoms with Crippen molar-refractivity contribution in [2.45, 2.75) is 31.0 Å². The zero-order chi connectivity index (χ0) is 22.1. The largest absolute Gasteiger partial charge is 0.368 e. The van der Waals surface area contributed by atoms with Crippen molar-refractivity contribution in [2.24, 2.45) is 5.18 Å². The fourth-order valence-corrected chi connectivity index (χ4v) is 3.61. The highest BCUT2D eigenvalue weighted by molar-refractivity contribution is 7.80. The van der Waals surface area contributed by atoms with Crippen LogP contribution in [0.3, 0.4) is 0 Å². The number of rotatable bonds is 8. The number of allylic oxidation sites excluding steroid dienone is 5. The summed E-state index contributed by atoms with van der Waals surface area (Å²) in [4.78, 5) is 25.9. The van der Waals surface area contributed by atoms with Crippen molar-refractivity contribution >= 4 is 30.3 Å². The average molecular weight is 432 g/mol. The van der Waals surface area contributed by atoms with E-state index in [9.17, 15) is 9.70 Å². The van der Waals surface area contributed by atoms with E-state index in [2.05, 4.69) is 29.2 Å². The molecule has 0 fully saturated rings. The first-order valence-corrected chi connectivity index (χ1v) is 10.5. The van der Waals surface area contributed by atoms with Gasteiger partial charge in [-0.25, -0.2) is 0 Å². The van der Waals surface area contributed by atoms with Gasteiger partial charge in [-0.05, 0) is 46.6 Å². The zero-order valence-corrected chi connectivity index (χ0v) is 18.2. The minimum atomic E-state index is -0.336. The number of benzene rings is 2. The summed E-state index contributed by atoms with van der Waals surface area (Å²) in [5.74, 6) is -0.0325. The van der Waals surface area contributed by atoms with Gasteiger partial charge >= 0.3 is 0 Å². The van der Waals surface area contributed by atoms with E-state index in [1.807, 2.05) is 71.7 Å². The Hall–Kier alpha value is -3.38. The number of carbonyl (C=O) groups is 1. The van der Waals surface area contributed by atoms with Gasteiger partial charge in [0, 0.05) is 18.4 Å². The minimum absolute atomic E-state index is 0.0325. The van der Waals surface area contributed by atoms with Crippen LogP contribution >= 0.6 is 12.6 Å². The highest BCUT2D eigenvalue weighted by Crippen LogP contribution is 2.27. The third-order valence-corrected chi connectivity index (χ3v) is 5.43. The lowest BCUT2D eigenvalue weighted by molar-refractivity contribution is -0.131. The number of carbonyl (C=O) groups excluding carboxylic acids is 1. The molecular formula is C25H25N3O2S. The highest BCUT2D eigenvalue weighted by Gasteiger charge is 2.23. The number of amides is 1. The maximum absolute atomic E-state index is 12.6. The topological polar surface area (TPSA) is 61.8 Å². The Kier molecular flexibility index (Phi) is 8.01. The van der Waals surface area contributed by atoms with Crippen LogP contribution in [-0.4, -0.2) is 17.0 Å². The molecule has 0 spiro atoms. The minimum Gasteiger partial charge on any atom is -0.368 e. The van der Waals surface area contributed by atoms with Gasteiger partial charge in [0.2, 0.25) is 5.91 Å². The smallest absolute Gasteiger partial charge is 0.221 e. The van der Waals surface area contributed by atoms with E-state index in [0.29, 0.717) is 17.1 Å². The Bertz CT molecular complexity index is 1040. The number of thiol groups is 1. The van der Waals surface area contributed by atoms with E-state index in [4.69, 9.17) is 0 Å². The first kappa shape index (κ1) is 22.3. The van der Waals surface area contributed by atoms with Crippen LogP contribution in [0.25, 0.3) is 6.08 Å². The van der Waals surface area contributed by atoms with Gasteiger partial charge in [-0.1, -0.05) is 72.8 Å². The van der Waals surface area contributed by atoms with E-state index < -0.39 is 0 Å². The Morgan fingerprint density at radius 2 is 1.97 bits per heavy atom. The normalized spacial score (nSPS) is 14.1. The standard InChI is InChI=1S/C25H25N3O2S/c1-19(29)28(18-20-10-5-4-6-11-20)25(22-12-7-2-3-8-13-22)26-17-16-21-14-9-15-23(27-30)24(21)31/h2-12,14-17,25-26,31H,13,18H2,1H3/b17-16+. The molecule has 0 saturated heterocycles. The fourth-order valence-electron chi connectivity index (χ4n) is 3.34. The first-order valence-electron chi connectivity index (χ1n) is 10.0. The Morgan fingerprint density at radius 1 is 1.16 bits per heavy atom. The third kappa shape index (κ3) is 6.06. The number of nitroso groups, excluding NO2 is 1. The molecule has 1 N–H and O–H groups in total. The molecule has 0 bridgehead atoms. The van der Waals surface area contributed by atoms with Crippen LogP contribution in [0.1, 0.15) is 24.5 Å². The molecule has 0 saturated carbocycles. The second kappa shape index (κ2) is 11.1. The van der Waals surface area contributed by atoms with Crippen LogP contribution in [-0.2, 0) is 11.3 Å². The van der Waals surface area contributed by atoms with Crippen molar-refractivity contribution in [3.63, 3.8) is 0 Å². The molecule has 158 valence electrons. The van der Waals surface area contributed by atoms with Crippen LogP contribution < -0.4 is 5.32 Å². The SMILES string of the molecule is CC(=O)N(Cc1ccccc1)C(N/C=C/c1cccc(N=O)c1S)C1=CC=CC=CC1. The lowest BCUT2D eigenvalue weighted by Crippen LogP contribution is -2.47. The number of nitrogens with one attached hydrogen (secondary N) is 1. The van der Waals surface area contributed by atoms with Crippen molar-refractivity contribution in [1.29, 1.82) is 0 Å². The molecule has 0 aliphatic heterocycles. The average Bonchev–Trinajstić information content (AvgIpc) is 3.06. The molecule has 6 heteroatoms. The summed E-state index contributed by atoms with van der Waals surface area (Å²) < 4.78 is 0. The monoisotopic (exact) mass is 431 g/mol. The molecule has 3 rings (SSSR count). The van der Waals surface area contributed by atoms with E-state index in [1.165, 1.54) is 0 Å². The quantitative estimate of drug-likeness (QED) is 0.318. The van der Waals surface area contributed by atoms with Gasteiger partial charge in [0.15, 0.2) is 0 Å². The highest BCUT2D eigenvalue weighted by atomic mass is 32.1. The maximum Gasteiger partial charge on any atom is 0.221 e. The molecule has 1 aliphatic rings. The van der Waals surface area contributed by atoms with Crippen LogP contribution in [0.5, 0.6) is 0 Å². The number of hydrogen-bond donors (Lipinski definition) is 2. The summed E-state index contributed by atoms with van der Waals surface area (Å²) in [6.07, 6.45) is 14.0. The Balaban J connectivity index is 1.89. The van der Waals surface area contributed by atoms with Crippen molar-refractivity contribution in [2.75, 3.05) is 0 Å². The van der Waals surface area contributed by atoms with E-state index in [1.54, 1.807) is 25.3 Å². The van der Waals surface area contributed by atoms with Gasteiger partial charge in [0.05, 0.1) is 0 Å². The van der Waals surface area contributed by atoms with Crippen LogP contribution in [0.15, 0.2) is 101 Å². The van der Waals surface area contributed by atoms with E-state index in [0.717, 1.165) is 23.1 Å². The van der Waals surface area contributed by atoms with Crippen molar-refractivity contribution in [3.05, 3.63) is 107 Å². The van der Waals surface area contributed by atoms with Gasteiger partial charge in [-0.2, -0.15) is 0 Å². The Labute approximate surface area is 188 Å². The summed E-state index contributed by atoms with van der Waals surface area (Å²) in [7, 11) is 0. The third-order valence-electron chi connectivity index (χ3n) is 4.95. The molecule has 1 unspecified atom stereocenters. The van der Waals surface area contributed by atoms with Gasteiger partial charge < -0.3 is 10.2 Å². The summed E-state index contributed by atoms with van der Waals surface area (Å²) in [5.41, 5.74) is 3.17. The lowest BCUT2D eigenvalue weighted by Gasteiger charge is -2.33. The van der Waals surface area contributed by atoms with Crippen LogP contribution in [0.4, 0.5) is 5.69 Å². The lowest BCUT2D eigenvalue weighted by atomic mass is 10.1. The van der Waals surface area contributed by atoms with E-state index >= 15 is 0 Å². The van der Waals surface area contributed by atoms with Crippen LogP contribution in [0, 0.1) is 4.91 Å². The van der Waals surface area contributed by atoms with Gasteiger partial charge in [-0.15, -0.1) is 17.5 Å². The molecule has 2 aromatic carbocycles. The fraction of sp³-hybridized carbons (Fsp3) is 0.160. The molecule has 0 radical (unpaired) electrons.